The minimum atomic E-state index is -3.50. The smallest absolute Gasteiger partial charge is 0.243 e. The summed E-state index contributed by atoms with van der Waals surface area (Å²) in [6.07, 6.45) is 0.763. The lowest BCUT2D eigenvalue weighted by Gasteiger charge is -2.35. The summed E-state index contributed by atoms with van der Waals surface area (Å²) in [6, 6.07) is 7.10. The zero-order valence-electron chi connectivity index (χ0n) is 14.8. The van der Waals surface area contributed by atoms with Gasteiger partial charge in [0, 0.05) is 32.8 Å². The fraction of sp³-hybridized carbons (Fsp3) is 0.611. The molecule has 1 aromatic carbocycles. The normalized spacial score (nSPS) is 22.5. The van der Waals surface area contributed by atoms with Crippen LogP contribution < -0.4 is 0 Å². The fourth-order valence-electron chi connectivity index (χ4n) is 3.31. The number of amides is 1. The minimum absolute atomic E-state index is 0.0632. The Bertz CT molecular complexity index is 701. The molecule has 0 spiro atoms. The van der Waals surface area contributed by atoms with Gasteiger partial charge < -0.3 is 9.64 Å². The van der Waals surface area contributed by atoms with Crippen molar-refractivity contribution in [3.8, 4) is 0 Å². The van der Waals surface area contributed by atoms with Gasteiger partial charge in [-0.2, -0.15) is 4.31 Å². The average molecular weight is 366 g/mol. The van der Waals surface area contributed by atoms with Crippen LogP contribution in [0, 0.1) is 5.92 Å². The third kappa shape index (κ3) is 3.88. The largest absolute Gasteiger partial charge is 0.381 e. The molecular weight excluding hydrogens is 340 g/mol. The molecule has 0 N–H and O–H groups in total. The summed E-state index contributed by atoms with van der Waals surface area (Å²) in [5.41, 5.74) is 1.12. The van der Waals surface area contributed by atoms with E-state index in [0.717, 1.165) is 12.0 Å². The van der Waals surface area contributed by atoms with E-state index < -0.39 is 10.0 Å². The van der Waals surface area contributed by atoms with Crippen molar-refractivity contribution in [2.24, 2.45) is 5.92 Å². The number of ether oxygens (including phenoxy) is 1. The molecule has 2 saturated heterocycles. The second kappa shape index (κ2) is 7.43. The minimum Gasteiger partial charge on any atom is -0.381 e. The van der Waals surface area contributed by atoms with E-state index in [4.69, 9.17) is 4.74 Å². The standard InChI is InChI=1S/C18H26N2O4S/c1-14(2)15-3-5-17(6-4-15)25(22,23)20-10-8-19(9-11-20)18(21)16-7-12-24-13-16/h3-6,14,16H,7-13H2,1-2H3. The van der Waals surface area contributed by atoms with E-state index in [-0.39, 0.29) is 11.8 Å². The first-order valence-corrected chi connectivity index (χ1v) is 10.3. The molecule has 2 fully saturated rings. The number of piperazine rings is 1. The van der Waals surface area contributed by atoms with Crippen LogP contribution in [0.15, 0.2) is 29.2 Å². The van der Waals surface area contributed by atoms with Gasteiger partial charge in [0.25, 0.3) is 0 Å². The molecule has 6 nitrogen and oxygen atoms in total. The molecule has 2 aliphatic rings. The number of carbonyl (C=O) groups is 1. The van der Waals surface area contributed by atoms with Gasteiger partial charge in [0.15, 0.2) is 0 Å². The van der Waals surface area contributed by atoms with Crippen LogP contribution in [0.1, 0.15) is 31.7 Å². The highest BCUT2D eigenvalue weighted by Crippen LogP contribution is 2.22. The van der Waals surface area contributed by atoms with Gasteiger partial charge in [-0.3, -0.25) is 4.79 Å². The molecule has 25 heavy (non-hydrogen) atoms. The highest BCUT2D eigenvalue weighted by molar-refractivity contribution is 7.89. The Morgan fingerprint density at radius 2 is 1.76 bits per heavy atom. The molecule has 0 bridgehead atoms. The summed E-state index contributed by atoms with van der Waals surface area (Å²) in [4.78, 5) is 14.5. The molecular formula is C18H26N2O4S. The molecule has 1 aromatic rings. The Morgan fingerprint density at radius 3 is 2.28 bits per heavy atom. The van der Waals surface area contributed by atoms with Crippen LogP contribution in [-0.2, 0) is 19.6 Å². The second-order valence-corrected chi connectivity index (χ2v) is 8.95. The Balaban J connectivity index is 1.64. The monoisotopic (exact) mass is 366 g/mol. The van der Waals surface area contributed by atoms with Crippen LogP contribution in [0.5, 0.6) is 0 Å². The van der Waals surface area contributed by atoms with E-state index in [2.05, 4.69) is 13.8 Å². The number of nitrogens with zero attached hydrogens (tertiary/aromatic N) is 2. The molecule has 2 heterocycles. The van der Waals surface area contributed by atoms with Gasteiger partial charge in [-0.15, -0.1) is 0 Å². The fourth-order valence-corrected chi connectivity index (χ4v) is 4.73. The van der Waals surface area contributed by atoms with Crippen LogP contribution in [0.25, 0.3) is 0 Å². The molecule has 0 aromatic heterocycles. The van der Waals surface area contributed by atoms with Gasteiger partial charge in [-0.1, -0.05) is 26.0 Å². The molecule has 1 atom stereocenters. The maximum Gasteiger partial charge on any atom is 0.243 e. The van der Waals surface area contributed by atoms with Crippen LogP contribution in [-0.4, -0.2) is 62.9 Å². The van der Waals surface area contributed by atoms with Crippen molar-refractivity contribution in [3.63, 3.8) is 0 Å². The van der Waals surface area contributed by atoms with Gasteiger partial charge >= 0.3 is 0 Å². The van der Waals surface area contributed by atoms with Gasteiger partial charge in [-0.25, -0.2) is 8.42 Å². The van der Waals surface area contributed by atoms with E-state index in [1.165, 1.54) is 4.31 Å². The van der Waals surface area contributed by atoms with Gasteiger partial charge in [0.05, 0.1) is 17.4 Å². The summed E-state index contributed by atoms with van der Waals surface area (Å²) < 4.78 is 32.4. The predicted octanol–water partition coefficient (Wildman–Crippen LogP) is 1.68. The molecule has 138 valence electrons. The summed E-state index contributed by atoms with van der Waals surface area (Å²) in [5, 5.41) is 0. The maximum absolute atomic E-state index is 12.8. The van der Waals surface area contributed by atoms with Crippen molar-refractivity contribution in [1.82, 2.24) is 9.21 Å². The number of rotatable bonds is 4. The average Bonchev–Trinajstić information content (AvgIpc) is 3.16. The van der Waals surface area contributed by atoms with Crippen molar-refractivity contribution >= 4 is 15.9 Å². The Labute approximate surface area is 149 Å². The molecule has 0 radical (unpaired) electrons. The number of hydrogen-bond acceptors (Lipinski definition) is 4. The molecule has 3 rings (SSSR count). The van der Waals surface area contributed by atoms with Crippen LogP contribution in [0.2, 0.25) is 0 Å². The zero-order valence-corrected chi connectivity index (χ0v) is 15.7. The lowest BCUT2D eigenvalue weighted by Crippen LogP contribution is -2.51. The molecule has 1 unspecified atom stereocenters. The van der Waals surface area contributed by atoms with Crippen LogP contribution in [0.3, 0.4) is 0 Å². The summed E-state index contributed by atoms with van der Waals surface area (Å²) >= 11 is 0. The van der Waals surface area contributed by atoms with Crippen LogP contribution >= 0.6 is 0 Å². The number of carbonyl (C=O) groups excluding carboxylic acids is 1. The quantitative estimate of drug-likeness (QED) is 0.813. The lowest BCUT2D eigenvalue weighted by molar-refractivity contribution is -0.136. The first kappa shape index (κ1) is 18.4. The number of sulfonamides is 1. The van der Waals surface area contributed by atoms with E-state index in [1.807, 2.05) is 12.1 Å². The van der Waals surface area contributed by atoms with Gasteiger partial charge in [0.2, 0.25) is 15.9 Å². The van der Waals surface area contributed by atoms with Gasteiger partial charge in [-0.05, 0) is 30.0 Å². The Hall–Kier alpha value is -1.44. The van der Waals surface area contributed by atoms with E-state index in [1.54, 1.807) is 17.0 Å². The topological polar surface area (TPSA) is 66.9 Å². The van der Waals surface area contributed by atoms with Crippen molar-refractivity contribution in [1.29, 1.82) is 0 Å². The summed E-state index contributed by atoms with van der Waals surface area (Å²) in [7, 11) is -3.50. The Kier molecular flexibility index (Phi) is 5.46. The number of benzene rings is 1. The third-order valence-corrected chi connectivity index (χ3v) is 6.93. The van der Waals surface area contributed by atoms with E-state index in [9.17, 15) is 13.2 Å². The first-order valence-electron chi connectivity index (χ1n) is 8.86. The zero-order chi connectivity index (χ0) is 18.0. The van der Waals surface area contributed by atoms with E-state index >= 15 is 0 Å². The van der Waals surface area contributed by atoms with Crippen molar-refractivity contribution in [2.45, 2.75) is 31.1 Å². The molecule has 0 aliphatic carbocycles. The van der Waals surface area contributed by atoms with Crippen molar-refractivity contribution in [2.75, 3.05) is 39.4 Å². The highest BCUT2D eigenvalue weighted by Gasteiger charge is 2.33. The first-order chi connectivity index (χ1) is 11.9. The number of hydrogen-bond donors (Lipinski definition) is 0. The van der Waals surface area contributed by atoms with Gasteiger partial charge in [0.1, 0.15) is 0 Å². The molecule has 0 saturated carbocycles. The summed E-state index contributed by atoms with van der Waals surface area (Å²) in [6.45, 7) is 6.85. The van der Waals surface area contributed by atoms with Crippen molar-refractivity contribution in [3.05, 3.63) is 29.8 Å². The molecule has 7 heteroatoms. The SMILES string of the molecule is CC(C)c1ccc(S(=O)(=O)N2CCN(C(=O)C3CCOC3)CC2)cc1. The second-order valence-electron chi connectivity index (χ2n) is 7.01. The molecule has 1 amide bonds. The molecule has 2 aliphatic heterocycles. The summed E-state index contributed by atoms with van der Waals surface area (Å²) in [5.74, 6) is 0.397. The predicted molar refractivity (Wildman–Crippen MR) is 94.8 cm³/mol. The third-order valence-electron chi connectivity index (χ3n) is 5.01. The Morgan fingerprint density at radius 1 is 1.12 bits per heavy atom. The van der Waals surface area contributed by atoms with Crippen LogP contribution in [0.4, 0.5) is 0 Å². The van der Waals surface area contributed by atoms with Crippen molar-refractivity contribution < 1.29 is 17.9 Å². The van der Waals surface area contributed by atoms with E-state index in [0.29, 0.717) is 50.2 Å². The maximum atomic E-state index is 12.8. The highest BCUT2D eigenvalue weighted by atomic mass is 32.2. The lowest BCUT2D eigenvalue weighted by atomic mass is 10.0.